The Morgan fingerprint density at radius 1 is 1.21 bits per heavy atom. The van der Waals surface area contributed by atoms with E-state index < -0.39 is 6.29 Å². The number of aliphatic hydroxyl groups is 1. The van der Waals surface area contributed by atoms with E-state index in [1.165, 1.54) is 0 Å². The molecular formula is C22H31NO5. The quantitative estimate of drug-likeness (QED) is 0.634. The Bertz CT molecular complexity index is 651. The van der Waals surface area contributed by atoms with Crippen LogP contribution in [0.2, 0.25) is 0 Å². The van der Waals surface area contributed by atoms with E-state index in [-0.39, 0.29) is 24.5 Å². The number of allylic oxidation sites excluding steroid dienone is 1. The van der Waals surface area contributed by atoms with E-state index in [1.54, 1.807) is 7.11 Å². The van der Waals surface area contributed by atoms with E-state index >= 15 is 0 Å². The first kappa shape index (κ1) is 20.7. The Hall–Kier alpha value is -2.05. The third-order valence-corrected chi connectivity index (χ3v) is 5.37. The number of carbonyl (C=O) groups excluding carboxylic acids is 1. The van der Waals surface area contributed by atoms with Crippen LogP contribution in [-0.2, 0) is 14.3 Å². The summed E-state index contributed by atoms with van der Waals surface area (Å²) >= 11 is 0. The van der Waals surface area contributed by atoms with Gasteiger partial charge in [-0.05, 0) is 49.5 Å². The molecule has 0 saturated heterocycles. The SMILES string of the molecule is COc1ccc([C@H]2C=C(C(=O)NC3CCCC3)O[C@@H](OCCCCO)C2)cc1. The van der Waals surface area contributed by atoms with Crippen molar-refractivity contribution in [3.05, 3.63) is 41.7 Å². The van der Waals surface area contributed by atoms with Gasteiger partial charge in [-0.2, -0.15) is 0 Å². The van der Waals surface area contributed by atoms with Crippen LogP contribution in [0.15, 0.2) is 36.1 Å². The predicted octanol–water partition coefficient (Wildman–Crippen LogP) is 3.26. The zero-order valence-electron chi connectivity index (χ0n) is 16.6. The molecule has 0 radical (unpaired) electrons. The van der Waals surface area contributed by atoms with Crippen LogP contribution in [0.5, 0.6) is 5.75 Å². The molecule has 1 aliphatic heterocycles. The lowest BCUT2D eigenvalue weighted by molar-refractivity contribution is -0.146. The number of rotatable bonds is 9. The fourth-order valence-corrected chi connectivity index (χ4v) is 3.76. The first-order chi connectivity index (χ1) is 13.7. The monoisotopic (exact) mass is 389 g/mol. The lowest BCUT2D eigenvalue weighted by Gasteiger charge is -2.30. The summed E-state index contributed by atoms with van der Waals surface area (Å²) in [5.74, 6) is 1.02. The predicted molar refractivity (Wildman–Crippen MR) is 106 cm³/mol. The molecule has 1 amide bonds. The van der Waals surface area contributed by atoms with Gasteiger partial charge in [0, 0.05) is 25.0 Å². The molecule has 154 valence electrons. The van der Waals surface area contributed by atoms with Crippen LogP contribution < -0.4 is 10.1 Å². The Labute approximate surface area is 166 Å². The molecule has 2 aliphatic rings. The van der Waals surface area contributed by atoms with Gasteiger partial charge >= 0.3 is 0 Å². The molecule has 1 aromatic carbocycles. The maximum atomic E-state index is 12.7. The van der Waals surface area contributed by atoms with Crippen molar-refractivity contribution in [3.8, 4) is 5.75 Å². The fraction of sp³-hybridized carbons (Fsp3) is 0.591. The Kier molecular flexibility index (Phi) is 7.74. The van der Waals surface area contributed by atoms with Gasteiger partial charge in [0.2, 0.25) is 6.29 Å². The van der Waals surface area contributed by atoms with Gasteiger partial charge in [-0.1, -0.05) is 25.0 Å². The molecule has 1 saturated carbocycles. The summed E-state index contributed by atoms with van der Waals surface area (Å²) < 4.78 is 17.0. The van der Waals surface area contributed by atoms with Crippen molar-refractivity contribution in [2.24, 2.45) is 0 Å². The molecule has 1 aromatic rings. The van der Waals surface area contributed by atoms with Crippen LogP contribution in [0.1, 0.15) is 56.4 Å². The summed E-state index contributed by atoms with van der Waals surface area (Å²) in [7, 11) is 1.64. The van der Waals surface area contributed by atoms with Crippen LogP contribution in [0.25, 0.3) is 0 Å². The second-order valence-corrected chi connectivity index (χ2v) is 7.45. The van der Waals surface area contributed by atoms with Crippen molar-refractivity contribution in [2.75, 3.05) is 20.3 Å². The van der Waals surface area contributed by atoms with Gasteiger partial charge in [0.15, 0.2) is 5.76 Å². The molecule has 2 atom stereocenters. The number of hydrogen-bond donors (Lipinski definition) is 2. The van der Waals surface area contributed by atoms with Crippen molar-refractivity contribution in [2.45, 2.75) is 63.2 Å². The first-order valence-corrected chi connectivity index (χ1v) is 10.3. The van der Waals surface area contributed by atoms with Gasteiger partial charge in [0.1, 0.15) is 5.75 Å². The number of carbonyl (C=O) groups is 1. The van der Waals surface area contributed by atoms with E-state index in [0.29, 0.717) is 25.2 Å². The molecule has 6 nitrogen and oxygen atoms in total. The number of aliphatic hydroxyl groups excluding tert-OH is 1. The van der Waals surface area contributed by atoms with Crippen molar-refractivity contribution >= 4 is 5.91 Å². The summed E-state index contributed by atoms with van der Waals surface area (Å²) in [4.78, 5) is 12.7. The zero-order chi connectivity index (χ0) is 19.8. The second-order valence-electron chi connectivity index (χ2n) is 7.45. The molecule has 1 aliphatic carbocycles. The fourth-order valence-electron chi connectivity index (χ4n) is 3.76. The summed E-state index contributed by atoms with van der Waals surface area (Å²) in [6, 6.07) is 8.12. The van der Waals surface area contributed by atoms with E-state index in [9.17, 15) is 4.79 Å². The summed E-state index contributed by atoms with van der Waals surface area (Å²) in [5.41, 5.74) is 1.10. The highest BCUT2D eigenvalue weighted by Gasteiger charge is 2.30. The Morgan fingerprint density at radius 2 is 1.96 bits per heavy atom. The maximum absolute atomic E-state index is 12.7. The van der Waals surface area contributed by atoms with Crippen LogP contribution in [0, 0.1) is 0 Å². The first-order valence-electron chi connectivity index (χ1n) is 10.3. The summed E-state index contributed by atoms with van der Waals surface area (Å²) in [6.45, 7) is 0.649. The molecule has 0 bridgehead atoms. The highest BCUT2D eigenvalue weighted by molar-refractivity contribution is 5.92. The van der Waals surface area contributed by atoms with E-state index in [1.807, 2.05) is 30.3 Å². The highest BCUT2D eigenvalue weighted by Crippen LogP contribution is 2.32. The molecule has 0 spiro atoms. The average molecular weight is 389 g/mol. The van der Waals surface area contributed by atoms with Crippen LogP contribution in [0.4, 0.5) is 0 Å². The standard InChI is InChI=1S/C22H31NO5/c1-26-19-10-8-16(9-11-19)17-14-20(22(25)23-18-6-2-3-7-18)28-21(15-17)27-13-5-4-12-24/h8-11,14,17-18,21,24H,2-7,12-13,15H2,1H3,(H,23,25)/t17-,21+/m0/s1. The minimum Gasteiger partial charge on any atom is -0.497 e. The lowest BCUT2D eigenvalue weighted by atomic mass is 9.92. The van der Waals surface area contributed by atoms with Gasteiger partial charge in [-0.15, -0.1) is 0 Å². The zero-order valence-corrected chi connectivity index (χ0v) is 16.6. The van der Waals surface area contributed by atoms with Gasteiger partial charge in [0.25, 0.3) is 5.91 Å². The van der Waals surface area contributed by atoms with Gasteiger partial charge < -0.3 is 24.6 Å². The maximum Gasteiger partial charge on any atom is 0.286 e. The molecule has 1 fully saturated rings. The van der Waals surface area contributed by atoms with E-state index in [2.05, 4.69) is 5.32 Å². The molecule has 3 rings (SSSR count). The summed E-state index contributed by atoms with van der Waals surface area (Å²) in [5, 5.41) is 12.0. The molecular weight excluding hydrogens is 358 g/mol. The minimum absolute atomic E-state index is 0.0341. The van der Waals surface area contributed by atoms with Crippen LogP contribution >= 0.6 is 0 Å². The molecule has 2 N–H and O–H groups in total. The molecule has 1 heterocycles. The number of nitrogens with one attached hydrogen (secondary N) is 1. The summed E-state index contributed by atoms with van der Waals surface area (Å²) in [6.07, 6.45) is 7.91. The van der Waals surface area contributed by atoms with E-state index in [4.69, 9.17) is 19.3 Å². The normalized spacial score (nSPS) is 22.4. The Morgan fingerprint density at radius 3 is 2.64 bits per heavy atom. The number of benzene rings is 1. The van der Waals surface area contributed by atoms with Crippen molar-refractivity contribution in [3.63, 3.8) is 0 Å². The minimum atomic E-state index is -0.472. The largest absolute Gasteiger partial charge is 0.497 e. The number of hydrogen-bond acceptors (Lipinski definition) is 5. The second kappa shape index (κ2) is 10.5. The number of unbranched alkanes of at least 4 members (excludes halogenated alkanes) is 1. The number of ether oxygens (including phenoxy) is 3. The molecule has 0 unspecified atom stereocenters. The average Bonchev–Trinajstić information content (AvgIpc) is 3.24. The lowest BCUT2D eigenvalue weighted by Crippen LogP contribution is -2.37. The smallest absolute Gasteiger partial charge is 0.286 e. The number of methoxy groups -OCH3 is 1. The Balaban J connectivity index is 1.70. The molecule has 28 heavy (non-hydrogen) atoms. The van der Waals surface area contributed by atoms with Gasteiger partial charge in [0.05, 0.1) is 13.7 Å². The van der Waals surface area contributed by atoms with Gasteiger partial charge in [-0.3, -0.25) is 4.79 Å². The third-order valence-electron chi connectivity index (χ3n) is 5.37. The van der Waals surface area contributed by atoms with Crippen molar-refractivity contribution in [1.29, 1.82) is 0 Å². The number of amides is 1. The topological polar surface area (TPSA) is 77.0 Å². The van der Waals surface area contributed by atoms with Crippen molar-refractivity contribution in [1.82, 2.24) is 5.32 Å². The van der Waals surface area contributed by atoms with Gasteiger partial charge in [-0.25, -0.2) is 0 Å². The van der Waals surface area contributed by atoms with Crippen molar-refractivity contribution < 1.29 is 24.1 Å². The third kappa shape index (κ3) is 5.72. The molecule has 6 heteroatoms. The van der Waals surface area contributed by atoms with Crippen LogP contribution in [0.3, 0.4) is 0 Å². The van der Waals surface area contributed by atoms with Crippen LogP contribution in [-0.4, -0.2) is 43.7 Å². The van der Waals surface area contributed by atoms with E-state index in [0.717, 1.165) is 43.4 Å². The highest BCUT2D eigenvalue weighted by atomic mass is 16.7. The molecule has 0 aromatic heterocycles.